The molecule has 1 N–H and O–H groups in total. The zero-order valence-corrected chi connectivity index (χ0v) is 9.94. The maximum atomic E-state index is 13.3. The van der Waals surface area contributed by atoms with E-state index in [0.29, 0.717) is 0 Å². The highest BCUT2D eigenvalue weighted by Crippen LogP contribution is 2.09. The molecule has 4 nitrogen and oxygen atoms in total. The molecule has 0 saturated carbocycles. The molecular formula is C13H11F2N3O. The maximum absolute atomic E-state index is 13.3. The van der Waals surface area contributed by atoms with Gasteiger partial charge in [-0.1, -0.05) is 0 Å². The molecule has 1 aromatic carbocycles. The lowest BCUT2D eigenvalue weighted by Gasteiger charge is -2.05. The van der Waals surface area contributed by atoms with Gasteiger partial charge in [0.15, 0.2) is 0 Å². The van der Waals surface area contributed by atoms with E-state index in [4.69, 9.17) is 0 Å². The third-order valence-electron chi connectivity index (χ3n) is 2.48. The topological polar surface area (TPSA) is 54.9 Å². The van der Waals surface area contributed by atoms with Gasteiger partial charge < -0.3 is 5.32 Å². The lowest BCUT2D eigenvalue weighted by atomic mass is 10.1. The van der Waals surface area contributed by atoms with E-state index in [9.17, 15) is 13.6 Å². The molecule has 98 valence electrons. The first-order valence-corrected chi connectivity index (χ1v) is 5.65. The molecule has 6 heteroatoms. The van der Waals surface area contributed by atoms with Gasteiger partial charge in [0.25, 0.3) is 5.91 Å². The first-order chi connectivity index (χ1) is 9.16. The number of aromatic nitrogens is 2. The molecule has 19 heavy (non-hydrogen) atoms. The van der Waals surface area contributed by atoms with Crippen LogP contribution in [0.3, 0.4) is 0 Å². The molecule has 0 atom stereocenters. The summed E-state index contributed by atoms with van der Waals surface area (Å²) in [5, 5.41) is 2.56. The van der Waals surface area contributed by atoms with Gasteiger partial charge in [-0.15, -0.1) is 0 Å². The molecule has 0 bridgehead atoms. The normalized spacial score (nSPS) is 10.2. The van der Waals surface area contributed by atoms with Crippen LogP contribution in [0.4, 0.5) is 8.78 Å². The fourth-order valence-electron chi connectivity index (χ4n) is 1.55. The fraction of sp³-hybridized carbons (Fsp3) is 0.154. The number of halogens is 2. The summed E-state index contributed by atoms with van der Waals surface area (Å²) in [4.78, 5) is 19.2. The van der Waals surface area contributed by atoms with Crippen molar-refractivity contribution in [1.29, 1.82) is 0 Å². The van der Waals surface area contributed by atoms with E-state index < -0.39 is 17.5 Å². The number of hydrogen-bond donors (Lipinski definition) is 1. The van der Waals surface area contributed by atoms with E-state index in [2.05, 4.69) is 15.3 Å². The van der Waals surface area contributed by atoms with Gasteiger partial charge in [0, 0.05) is 18.9 Å². The minimum atomic E-state index is -0.503. The van der Waals surface area contributed by atoms with Crippen LogP contribution in [0.2, 0.25) is 0 Å². The predicted octanol–water partition coefficient (Wildman–Crippen LogP) is 1.73. The van der Waals surface area contributed by atoms with E-state index in [-0.39, 0.29) is 24.2 Å². The van der Waals surface area contributed by atoms with Crippen molar-refractivity contribution in [1.82, 2.24) is 15.3 Å². The molecule has 0 aliphatic rings. The third kappa shape index (κ3) is 3.54. The van der Waals surface area contributed by atoms with Crippen molar-refractivity contribution >= 4 is 5.91 Å². The second-order valence-corrected chi connectivity index (χ2v) is 3.83. The number of amides is 1. The first kappa shape index (κ1) is 13.1. The summed E-state index contributed by atoms with van der Waals surface area (Å²) in [6, 6.07) is 3.23. The monoisotopic (exact) mass is 263 g/mol. The smallest absolute Gasteiger partial charge is 0.271 e. The van der Waals surface area contributed by atoms with Crippen molar-refractivity contribution in [3.8, 4) is 0 Å². The Hall–Kier alpha value is -2.37. The molecule has 0 radical (unpaired) electrons. The molecule has 1 aromatic heterocycles. The molecule has 0 saturated heterocycles. The van der Waals surface area contributed by atoms with Crippen LogP contribution in [0.15, 0.2) is 36.8 Å². The molecular weight excluding hydrogens is 252 g/mol. The third-order valence-corrected chi connectivity index (χ3v) is 2.48. The summed E-state index contributed by atoms with van der Waals surface area (Å²) < 4.78 is 26.2. The summed E-state index contributed by atoms with van der Waals surface area (Å²) >= 11 is 0. The molecule has 2 rings (SSSR count). The van der Waals surface area contributed by atoms with Crippen LogP contribution in [-0.2, 0) is 6.42 Å². The second kappa shape index (κ2) is 5.99. The Morgan fingerprint density at radius 2 is 2.11 bits per heavy atom. The number of rotatable bonds is 4. The van der Waals surface area contributed by atoms with Crippen LogP contribution >= 0.6 is 0 Å². The van der Waals surface area contributed by atoms with Crippen molar-refractivity contribution in [3.05, 3.63) is 59.7 Å². The van der Waals surface area contributed by atoms with E-state index >= 15 is 0 Å². The molecule has 0 aliphatic heterocycles. The van der Waals surface area contributed by atoms with E-state index in [1.54, 1.807) is 0 Å². The van der Waals surface area contributed by atoms with E-state index in [0.717, 1.165) is 18.2 Å². The Bertz CT molecular complexity index is 575. The van der Waals surface area contributed by atoms with E-state index in [1.165, 1.54) is 18.6 Å². The van der Waals surface area contributed by atoms with Crippen LogP contribution in [-0.4, -0.2) is 22.4 Å². The zero-order valence-electron chi connectivity index (χ0n) is 9.94. The SMILES string of the molecule is O=C(NCCc1cc(F)ccc1F)c1cnccn1. The van der Waals surface area contributed by atoms with Crippen molar-refractivity contribution in [2.75, 3.05) is 6.54 Å². The molecule has 0 unspecified atom stereocenters. The molecule has 1 amide bonds. The number of nitrogens with zero attached hydrogens (tertiary/aromatic N) is 2. The van der Waals surface area contributed by atoms with Crippen molar-refractivity contribution in [2.24, 2.45) is 0 Å². The quantitative estimate of drug-likeness (QED) is 0.914. The predicted molar refractivity (Wildman–Crippen MR) is 64.4 cm³/mol. The van der Waals surface area contributed by atoms with Crippen LogP contribution in [0.5, 0.6) is 0 Å². The average molecular weight is 263 g/mol. The molecule has 0 aliphatic carbocycles. The maximum Gasteiger partial charge on any atom is 0.271 e. The summed E-state index contributed by atoms with van der Waals surface area (Å²) in [5.74, 6) is -1.39. The zero-order chi connectivity index (χ0) is 13.7. The summed E-state index contributed by atoms with van der Waals surface area (Å²) in [7, 11) is 0. The largest absolute Gasteiger partial charge is 0.350 e. The highest BCUT2D eigenvalue weighted by atomic mass is 19.1. The summed E-state index contributed by atoms with van der Waals surface area (Å²) in [6.45, 7) is 0.190. The second-order valence-electron chi connectivity index (χ2n) is 3.83. The van der Waals surface area contributed by atoms with Crippen LogP contribution in [0, 0.1) is 11.6 Å². The van der Waals surface area contributed by atoms with Gasteiger partial charge >= 0.3 is 0 Å². The van der Waals surface area contributed by atoms with Gasteiger partial charge in [0.1, 0.15) is 17.3 Å². The summed E-state index contributed by atoms with van der Waals surface area (Å²) in [5.41, 5.74) is 0.404. The van der Waals surface area contributed by atoms with Crippen molar-refractivity contribution in [2.45, 2.75) is 6.42 Å². The van der Waals surface area contributed by atoms with E-state index in [1.807, 2.05) is 0 Å². The number of nitrogens with one attached hydrogen (secondary N) is 1. The van der Waals surface area contributed by atoms with Gasteiger partial charge in [-0.25, -0.2) is 13.8 Å². The Balaban J connectivity index is 1.90. The van der Waals surface area contributed by atoms with Crippen molar-refractivity contribution < 1.29 is 13.6 Å². The number of carbonyl (C=O) groups excluding carboxylic acids is 1. The van der Waals surface area contributed by atoms with Gasteiger partial charge in [-0.3, -0.25) is 9.78 Å². The lowest BCUT2D eigenvalue weighted by molar-refractivity contribution is 0.0948. The average Bonchev–Trinajstić information content (AvgIpc) is 2.43. The Kier molecular flexibility index (Phi) is 4.12. The Morgan fingerprint density at radius 1 is 1.26 bits per heavy atom. The first-order valence-electron chi connectivity index (χ1n) is 5.65. The molecule has 0 fully saturated rings. The minimum absolute atomic E-state index is 0.183. The highest BCUT2D eigenvalue weighted by molar-refractivity contribution is 5.91. The number of hydrogen-bond acceptors (Lipinski definition) is 3. The van der Waals surface area contributed by atoms with Gasteiger partial charge in [0.05, 0.1) is 6.20 Å². The van der Waals surface area contributed by atoms with Gasteiger partial charge in [-0.05, 0) is 30.2 Å². The molecule has 2 aromatic rings. The number of benzene rings is 1. The standard InChI is InChI=1S/C13H11F2N3O/c14-10-1-2-11(15)9(7-10)3-4-18-13(19)12-8-16-5-6-17-12/h1-2,5-8H,3-4H2,(H,18,19). The van der Waals surface area contributed by atoms with Gasteiger partial charge in [-0.2, -0.15) is 0 Å². The van der Waals surface area contributed by atoms with Crippen LogP contribution < -0.4 is 5.32 Å². The Morgan fingerprint density at radius 3 is 2.84 bits per heavy atom. The van der Waals surface area contributed by atoms with Gasteiger partial charge in [0.2, 0.25) is 0 Å². The number of carbonyl (C=O) groups is 1. The highest BCUT2D eigenvalue weighted by Gasteiger charge is 2.07. The van der Waals surface area contributed by atoms with Crippen molar-refractivity contribution in [3.63, 3.8) is 0 Å². The summed E-state index contributed by atoms with van der Waals surface area (Å²) in [6.07, 6.45) is 4.40. The Labute approximate surface area is 108 Å². The van der Waals surface area contributed by atoms with Crippen LogP contribution in [0.1, 0.15) is 16.1 Å². The minimum Gasteiger partial charge on any atom is -0.350 e. The lowest BCUT2D eigenvalue weighted by Crippen LogP contribution is -2.26. The fourth-order valence-corrected chi connectivity index (χ4v) is 1.55. The molecule has 1 heterocycles. The van der Waals surface area contributed by atoms with Crippen LogP contribution in [0.25, 0.3) is 0 Å². The molecule has 0 spiro atoms.